The summed E-state index contributed by atoms with van der Waals surface area (Å²) in [5.74, 6) is 0. The first-order chi connectivity index (χ1) is 13.7. The number of nitro groups is 1. The van der Waals surface area contributed by atoms with Gasteiger partial charge in [-0.3, -0.25) is 10.1 Å². The van der Waals surface area contributed by atoms with E-state index in [1.807, 2.05) is 0 Å². The SMILES string of the molecule is O=[N+]([O-])C(c1cc2c3c(c1)CCN3CCC2)c1cc2c3c(c1)CCN3CCC2. The molecule has 0 saturated carbocycles. The molecule has 0 spiro atoms. The molecule has 0 aliphatic carbocycles. The summed E-state index contributed by atoms with van der Waals surface area (Å²) in [6.07, 6.45) is 6.43. The molecular formula is C23H25N3O2. The third-order valence-corrected chi connectivity index (χ3v) is 7.11. The van der Waals surface area contributed by atoms with Crippen LogP contribution in [0.4, 0.5) is 11.4 Å². The van der Waals surface area contributed by atoms with Crippen molar-refractivity contribution in [3.05, 3.63) is 67.8 Å². The third kappa shape index (κ3) is 2.31. The molecule has 5 nitrogen and oxygen atoms in total. The molecule has 144 valence electrons. The van der Waals surface area contributed by atoms with Crippen LogP contribution in [0.15, 0.2) is 24.3 Å². The van der Waals surface area contributed by atoms with E-state index in [4.69, 9.17) is 0 Å². The van der Waals surface area contributed by atoms with Gasteiger partial charge in [-0.15, -0.1) is 0 Å². The van der Waals surface area contributed by atoms with E-state index in [-0.39, 0.29) is 4.92 Å². The second kappa shape index (κ2) is 5.97. The monoisotopic (exact) mass is 375 g/mol. The van der Waals surface area contributed by atoms with Crippen molar-refractivity contribution in [1.29, 1.82) is 0 Å². The third-order valence-electron chi connectivity index (χ3n) is 7.11. The maximum absolute atomic E-state index is 12.2. The fraction of sp³-hybridized carbons (Fsp3) is 0.478. The molecule has 6 rings (SSSR count). The standard InChI is InChI=1S/C23H25N3O2/c27-26(28)23(19-11-15-3-1-7-24-9-5-17(13-19)21(15)24)20-12-16-4-2-8-25-10-6-18(14-20)22(16)25/h11-14,23H,1-10H2. The van der Waals surface area contributed by atoms with E-state index in [0.717, 1.165) is 75.8 Å². The highest BCUT2D eigenvalue weighted by Crippen LogP contribution is 2.42. The molecule has 0 aromatic heterocycles. The van der Waals surface area contributed by atoms with Gasteiger partial charge in [-0.1, -0.05) is 0 Å². The Labute approximate surface area is 165 Å². The second-order valence-electron chi connectivity index (χ2n) is 8.74. The number of hydrogen-bond donors (Lipinski definition) is 0. The molecule has 4 aliphatic rings. The second-order valence-corrected chi connectivity index (χ2v) is 8.74. The summed E-state index contributed by atoms with van der Waals surface area (Å²) in [5.41, 5.74) is 9.75. The number of anilines is 2. The van der Waals surface area contributed by atoms with Crippen molar-refractivity contribution in [2.45, 2.75) is 44.6 Å². The van der Waals surface area contributed by atoms with Gasteiger partial charge in [0.25, 0.3) is 6.04 Å². The van der Waals surface area contributed by atoms with Gasteiger partial charge >= 0.3 is 0 Å². The van der Waals surface area contributed by atoms with Gasteiger partial charge in [-0.2, -0.15) is 0 Å². The Kier molecular flexibility index (Phi) is 3.49. The Morgan fingerprint density at radius 3 is 1.57 bits per heavy atom. The molecule has 0 fully saturated rings. The molecule has 0 radical (unpaired) electrons. The van der Waals surface area contributed by atoms with Crippen LogP contribution in [0.1, 0.15) is 52.3 Å². The summed E-state index contributed by atoms with van der Waals surface area (Å²) in [6, 6.07) is 7.77. The van der Waals surface area contributed by atoms with Crippen molar-refractivity contribution in [1.82, 2.24) is 0 Å². The minimum absolute atomic E-state index is 0.0754. The number of benzene rings is 2. The van der Waals surface area contributed by atoms with E-state index >= 15 is 0 Å². The Morgan fingerprint density at radius 1 is 0.714 bits per heavy atom. The Morgan fingerprint density at radius 2 is 1.14 bits per heavy atom. The van der Waals surface area contributed by atoms with Crippen LogP contribution in [-0.4, -0.2) is 31.1 Å². The van der Waals surface area contributed by atoms with Crippen molar-refractivity contribution >= 4 is 11.4 Å². The summed E-state index contributed by atoms with van der Waals surface area (Å²) in [6.45, 7) is 4.38. The van der Waals surface area contributed by atoms with E-state index in [1.165, 1.54) is 33.6 Å². The quantitative estimate of drug-likeness (QED) is 0.607. The summed E-state index contributed by atoms with van der Waals surface area (Å²) < 4.78 is 0. The van der Waals surface area contributed by atoms with E-state index in [0.29, 0.717) is 0 Å². The molecule has 5 heteroatoms. The van der Waals surface area contributed by atoms with Gasteiger partial charge in [-0.05, 0) is 85.0 Å². The van der Waals surface area contributed by atoms with Crippen LogP contribution in [0.3, 0.4) is 0 Å². The van der Waals surface area contributed by atoms with Crippen LogP contribution in [0.2, 0.25) is 0 Å². The van der Waals surface area contributed by atoms with Crippen molar-refractivity contribution in [2.75, 3.05) is 36.0 Å². The molecule has 0 bridgehead atoms. The first-order valence-electron chi connectivity index (χ1n) is 10.6. The summed E-state index contributed by atoms with van der Waals surface area (Å²) >= 11 is 0. The zero-order valence-corrected chi connectivity index (χ0v) is 16.1. The van der Waals surface area contributed by atoms with Crippen molar-refractivity contribution < 1.29 is 4.92 Å². The lowest BCUT2D eigenvalue weighted by molar-refractivity contribution is -0.517. The summed E-state index contributed by atoms with van der Waals surface area (Å²) in [7, 11) is 0. The Hall–Kier alpha value is -2.56. The molecule has 0 amide bonds. The van der Waals surface area contributed by atoms with Gasteiger partial charge in [0.05, 0.1) is 0 Å². The van der Waals surface area contributed by atoms with Gasteiger partial charge in [-0.25, -0.2) is 0 Å². The molecule has 0 saturated heterocycles. The van der Waals surface area contributed by atoms with Crippen LogP contribution >= 0.6 is 0 Å². The molecule has 28 heavy (non-hydrogen) atoms. The predicted molar refractivity (Wildman–Crippen MR) is 110 cm³/mol. The minimum atomic E-state index is -0.755. The zero-order valence-electron chi connectivity index (χ0n) is 16.1. The van der Waals surface area contributed by atoms with Crippen LogP contribution in [0.25, 0.3) is 0 Å². The maximum atomic E-state index is 12.2. The molecule has 4 heterocycles. The summed E-state index contributed by atoms with van der Waals surface area (Å²) in [4.78, 5) is 17.1. The minimum Gasteiger partial charge on any atom is -0.371 e. The first kappa shape index (κ1) is 16.4. The Balaban J connectivity index is 1.48. The maximum Gasteiger partial charge on any atom is 0.263 e. The highest BCUT2D eigenvalue weighted by Gasteiger charge is 2.34. The van der Waals surface area contributed by atoms with Crippen LogP contribution in [0.5, 0.6) is 0 Å². The average Bonchev–Trinajstić information content (AvgIpc) is 3.29. The van der Waals surface area contributed by atoms with Crippen molar-refractivity contribution in [2.24, 2.45) is 0 Å². The van der Waals surface area contributed by atoms with Gasteiger partial charge < -0.3 is 9.80 Å². The number of hydrogen-bond acceptors (Lipinski definition) is 4. The molecule has 0 N–H and O–H groups in total. The van der Waals surface area contributed by atoms with E-state index in [9.17, 15) is 10.1 Å². The number of nitrogens with zero attached hydrogens (tertiary/aromatic N) is 3. The first-order valence-corrected chi connectivity index (χ1v) is 10.6. The van der Waals surface area contributed by atoms with Gasteiger partial charge in [0.15, 0.2) is 0 Å². The molecular weight excluding hydrogens is 350 g/mol. The molecule has 2 aromatic rings. The average molecular weight is 375 g/mol. The predicted octanol–water partition coefficient (Wildman–Crippen LogP) is 3.67. The fourth-order valence-electron chi connectivity index (χ4n) is 6.00. The van der Waals surface area contributed by atoms with Gasteiger partial charge in [0.1, 0.15) is 0 Å². The number of rotatable bonds is 3. The van der Waals surface area contributed by atoms with Crippen LogP contribution in [-0.2, 0) is 25.7 Å². The van der Waals surface area contributed by atoms with Gasteiger partial charge in [0.2, 0.25) is 0 Å². The van der Waals surface area contributed by atoms with E-state index < -0.39 is 6.04 Å². The zero-order chi connectivity index (χ0) is 18.8. The summed E-state index contributed by atoms with van der Waals surface area (Å²) in [5, 5.41) is 12.2. The molecule has 0 atom stereocenters. The van der Waals surface area contributed by atoms with Gasteiger partial charge in [0, 0.05) is 53.6 Å². The van der Waals surface area contributed by atoms with Crippen LogP contribution < -0.4 is 9.80 Å². The van der Waals surface area contributed by atoms with Crippen molar-refractivity contribution in [3.63, 3.8) is 0 Å². The highest BCUT2D eigenvalue weighted by molar-refractivity contribution is 5.68. The van der Waals surface area contributed by atoms with Crippen molar-refractivity contribution in [3.8, 4) is 0 Å². The Bertz CT molecular complexity index is 926. The molecule has 4 aliphatic heterocycles. The molecule has 0 unspecified atom stereocenters. The fourth-order valence-corrected chi connectivity index (χ4v) is 6.00. The van der Waals surface area contributed by atoms with Crippen LogP contribution in [0, 0.1) is 10.1 Å². The molecule has 2 aromatic carbocycles. The lowest BCUT2D eigenvalue weighted by Crippen LogP contribution is -2.27. The van der Waals surface area contributed by atoms with E-state index in [2.05, 4.69) is 34.1 Å². The topological polar surface area (TPSA) is 49.6 Å². The normalized spacial score (nSPS) is 19.2. The lowest BCUT2D eigenvalue weighted by atomic mass is 9.89. The smallest absolute Gasteiger partial charge is 0.263 e. The highest BCUT2D eigenvalue weighted by atomic mass is 16.6. The largest absolute Gasteiger partial charge is 0.371 e. The lowest BCUT2D eigenvalue weighted by Gasteiger charge is -2.28. The van der Waals surface area contributed by atoms with E-state index in [1.54, 1.807) is 0 Å². The number of aryl methyl sites for hydroxylation is 2.